The first kappa shape index (κ1) is 16.5. The van der Waals surface area contributed by atoms with E-state index in [-0.39, 0.29) is 5.54 Å². The summed E-state index contributed by atoms with van der Waals surface area (Å²) in [6, 6.07) is 9.73. The van der Waals surface area contributed by atoms with E-state index >= 15 is 0 Å². The van der Waals surface area contributed by atoms with Gasteiger partial charge < -0.3 is 15.5 Å². The Morgan fingerprint density at radius 3 is 2.88 bits per heavy atom. The predicted octanol–water partition coefficient (Wildman–Crippen LogP) is 3.77. The molecule has 24 heavy (non-hydrogen) atoms. The third-order valence-electron chi connectivity index (χ3n) is 3.87. The summed E-state index contributed by atoms with van der Waals surface area (Å²) in [5.74, 6) is 1.12. The van der Waals surface area contributed by atoms with E-state index in [1.54, 1.807) is 6.20 Å². The number of H-pyrrole nitrogens is 1. The molecule has 0 saturated carbocycles. The molecule has 0 aliphatic rings. The van der Waals surface area contributed by atoms with Gasteiger partial charge >= 0.3 is 0 Å². The van der Waals surface area contributed by atoms with E-state index in [1.807, 2.05) is 43.5 Å². The average molecular weight is 324 g/mol. The number of nitrogens with one attached hydrogen (secondary N) is 1. The highest BCUT2D eigenvalue weighted by Gasteiger charge is 2.21. The zero-order valence-electron chi connectivity index (χ0n) is 14.4. The summed E-state index contributed by atoms with van der Waals surface area (Å²) in [6.45, 7) is 6.78. The fourth-order valence-corrected chi connectivity index (χ4v) is 3.04. The summed E-state index contributed by atoms with van der Waals surface area (Å²) < 4.78 is 5.86. The van der Waals surface area contributed by atoms with Crippen LogP contribution in [0.4, 0.5) is 0 Å². The standard InChI is InChI=1S/C19H24N4O/c1-13(2)10-19(3,20)12-24-17-8-4-7-16(23-17)15-11-22-18-14(15)6-5-9-21-18/h4-9,11,13H,10,12,20H2,1-3H3,(H,21,22)/t19-/m0/s1. The van der Waals surface area contributed by atoms with Gasteiger partial charge in [-0.3, -0.25) is 0 Å². The topological polar surface area (TPSA) is 76.8 Å². The maximum Gasteiger partial charge on any atom is 0.213 e. The molecule has 0 bridgehead atoms. The largest absolute Gasteiger partial charge is 0.476 e. The highest BCUT2D eigenvalue weighted by atomic mass is 16.5. The number of aromatic nitrogens is 3. The Morgan fingerprint density at radius 1 is 1.25 bits per heavy atom. The average Bonchev–Trinajstić information content (AvgIpc) is 2.96. The number of rotatable bonds is 6. The smallest absolute Gasteiger partial charge is 0.213 e. The molecule has 0 radical (unpaired) electrons. The van der Waals surface area contributed by atoms with Gasteiger partial charge in [-0.1, -0.05) is 19.9 Å². The molecule has 0 aliphatic heterocycles. The minimum atomic E-state index is -0.365. The summed E-state index contributed by atoms with van der Waals surface area (Å²) in [5, 5.41) is 1.05. The molecule has 0 fully saturated rings. The molecule has 0 spiro atoms. The lowest BCUT2D eigenvalue weighted by molar-refractivity contribution is 0.201. The maximum absolute atomic E-state index is 6.31. The van der Waals surface area contributed by atoms with Crippen LogP contribution in [0.2, 0.25) is 0 Å². The van der Waals surface area contributed by atoms with Gasteiger partial charge in [-0.25, -0.2) is 9.97 Å². The Kier molecular flexibility index (Phi) is 4.53. The summed E-state index contributed by atoms with van der Waals surface area (Å²) in [4.78, 5) is 12.1. The van der Waals surface area contributed by atoms with E-state index in [0.29, 0.717) is 18.4 Å². The normalized spacial score (nSPS) is 14.0. The number of nitrogens with two attached hydrogens (primary N) is 1. The van der Waals surface area contributed by atoms with Crippen LogP contribution < -0.4 is 10.5 Å². The van der Waals surface area contributed by atoms with Crippen molar-refractivity contribution in [3.05, 3.63) is 42.7 Å². The summed E-state index contributed by atoms with van der Waals surface area (Å²) in [6.07, 6.45) is 4.60. The molecular formula is C19H24N4O. The number of hydrogen-bond acceptors (Lipinski definition) is 4. The number of fused-ring (bicyclic) bond motifs is 1. The van der Waals surface area contributed by atoms with Crippen molar-refractivity contribution in [1.29, 1.82) is 0 Å². The first-order valence-electron chi connectivity index (χ1n) is 8.26. The van der Waals surface area contributed by atoms with Crippen LogP contribution in [0.25, 0.3) is 22.3 Å². The van der Waals surface area contributed by atoms with Crippen LogP contribution >= 0.6 is 0 Å². The Balaban J connectivity index is 1.80. The van der Waals surface area contributed by atoms with Crippen molar-refractivity contribution in [3.63, 3.8) is 0 Å². The van der Waals surface area contributed by atoms with Crippen LogP contribution in [-0.2, 0) is 0 Å². The quantitative estimate of drug-likeness (QED) is 0.723. The first-order valence-corrected chi connectivity index (χ1v) is 8.26. The van der Waals surface area contributed by atoms with Gasteiger partial charge in [0.25, 0.3) is 0 Å². The summed E-state index contributed by atoms with van der Waals surface area (Å²) >= 11 is 0. The van der Waals surface area contributed by atoms with Crippen molar-refractivity contribution in [1.82, 2.24) is 15.0 Å². The Bertz CT molecular complexity index is 823. The molecule has 0 aromatic carbocycles. The van der Waals surface area contributed by atoms with Crippen molar-refractivity contribution >= 4 is 11.0 Å². The highest BCUT2D eigenvalue weighted by molar-refractivity contribution is 5.92. The second-order valence-corrected chi connectivity index (χ2v) is 7.00. The highest BCUT2D eigenvalue weighted by Crippen LogP contribution is 2.27. The van der Waals surface area contributed by atoms with Gasteiger partial charge in [0.2, 0.25) is 5.88 Å². The maximum atomic E-state index is 6.31. The van der Waals surface area contributed by atoms with Crippen molar-refractivity contribution in [3.8, 4) is 17.1 Å². The summed E-state index contributed by atoms with van der Waals surface area (Å²) in [5.41, 5.74) is 8.67. The van der Waals surface area contributed by atoms with Crippen molar-refractivity contribution < 1.29 is 4.74 Å². The summed E-state index contributed by atoms with van der Waals surface area (Å²) in [7, 11) is 0. The van der Waals surface area contributed by atoms with Gasteiger partial charge in [-0.15, -0.1) is 0 Å². The molecule has 3 rings (SSSR count). The molecule has 3 aromatic heterocycles. The third kappa shape index (κ3) is 3.74. The van der Waals surface area contributed by atoms with Gasteiger partial charge in [-0.05, 0) is 37.5 Å². The Labute approximate surface area is 142 Å². The molecule has 0 saturated heterocycles. The molecule has 126 valence electrons. The van der Waals surface area contributed by atoms with E-state index < -0.39 is 0 Å². The van der Waals surface area contributed by atoms with E-state index in [0.717, 1.165) is 28.7 Å². The number of nitrogens with zero attached hydrogens (tertiary/aromatic N) is 2. The van der Waals surface area contributed by atoms with Crippen LogP contribution in [0.1, 0.15) is 27.2 Å². The zero-order chi connectivity index (χ0) is 17.2. The first-order chi connectivity index (χ1) is 11.4. The van der Waals surface area contributed by atoms with Crippen molar-refractivity contribution in [2.75, 3.05) is 6.61 Å². The van der Waals surface area contributed by atoms with E-state index in [1.165, 1.54) is 0 Å². The van der Waals surface area contributed by atoms with Crippen LogP contribution in [0.3, 0.4) is 0 Å². The second-order valence-electron chi connectivity index (χ2n) is 7.00. The number of hydrogen-bond donors (Lipinski definition) is 2. The number of ether oxygens (including phenoxy) is 1. The van der Waals surface area contributed by atoms with E-state index in [4.69, 9.17) is 10.5 Å². The van der Waals surface area contributed by atoms with Crippen LogP contribution in [-0.4, -0.2) is 27.1 Å². The lowest BCUT2D eigenvalue weighted by Crippen LogP contribution is -2.43. The van der Waals surface area contributed by atoms with Crippen LogP contribution in [0, 0.1) is 5.92 Å². The molecule has 3 heterocycles. The molecule has 3 N–H and O–H groups in total. The number of aromatic amines is 1. The van der Waals surface area contributed by atoms with Crippen molar-refractivity contribution in [2.45, 2.75) is 32.7 Å². The zero-order valence-corrected chi connectivity index (χ0v) is 14.4. The Morgan fingerprint density at radius 2 is 2.08 bits per heavy atom. The Hall–Kier alpha value is -2.40. The number of pyridine rings is 2. The third-order valence-corrected chi connectivity index (χ3v) is 3.87. The predicted molar refractivity (Wildman–Crippen MR) is 96.9 cm³/mol. The molecule has 5 heteroatoms. The molecule has 1 atom stereocenters. The SMILES string of the molecule is CC(C)C[C@](C)(N)COc1cccc(-c2c[nH]c3ncccc23)n1. The fraction of sp³-hybridized carbons (Fsp3) is 0.368. The van der Waals surface area contributed by atoms with Crippen LogP contribution in [0.15, 0.2) is 42.7 Å². The van der Waals surface area contributed by atoms with Crippen molar-refractivity contribution in [2.24, 2.45) is 11.7 Å². The van der Waals surface area contributed by atoms with E-state index in [2.05, 4.69) is 28.8 Å². The minimum Gasteiger partial charge on any atom is -0.476 e. The van der Waals surface area contributed by atoms with Gasteiger partial charge in [-0.2, -0.15) is 0 Å². The van der Waals surface area contributed by atoms with Gasteiger partial charge in [0.15, 0.2) is 0 Å². The molecule has 3 aromatic rings. The lowest BCUT2D eigenvalue weighted by atomic mass is 9.93. The van der Waals surface area contributed by atoms with Gasteiger partial charge in [0, 0.05) is 34.9 Å². The fourth-order valence-electron chi connectivity index (χ4n) is 3.04. The minimum absolute atomic E-state index is 0.365. The monoisotopic (exact) mass is 324 g/mol. The molecule has 0 aliphatic carbocycles. The second kappa shape index (κ2) is 6.61. The molecule has 0 amide bonds. The molecule has 5 nitrogen and oxygen atoms in total. The molecule has 0 unspecified atom stereocenters. The van der Waals surface area contributed by atoms with Gasteiger partial charge in [0.1, 0.15) is 12.3 Å². The lowest BCUT2D eigenvalue weighted by Gasteiger charge is -2.26. The van der Waals surface area contributed by atoms with E-state index in [9.17, 15) is 0 Å². The van der Waals surface area contributed by atoms with Gasteiger partial charge in [0.05, 0.1) is 5.69 Å². The molecular weight excluding hydrogens is 300 g/mol. The van der Waals surface area contributed by atoms with Crippen LogP contribution in [0.5, 0.6) is 5.88 Å².